The largest absolute Gasteiger partial charge is 0.497 e. The summed E-state index contributed by atoms with van der Waals surface area (Å²) in [7, 11) is 1.63. The molecule has 4 rings (SSSR count). The molecule has 2 aromatic rings. The number of carbonyl (C=O) groups excluding carboxylic acids is 2. The quantitative estimate of drug-likeness (QED) is 0.820. The molecule has 1 saturated heterocycles. The van der Waals surface area contributed by atoms with Crippen LogP contribution in [0, 0.1) is 0 Å². The van der Waals surface area contributed by atoms with E-state index in [1.54, 1.807) is 18.1 Å². The Bertz CT molecular complexity index is 921. The molecule has 0 bridgehead atoms. The molecular weight excluding hydrogens is 342 g/mol. The third-order valence-corrected chi connectivity index (χ3v) is 5.09. The number of methoxy groups -OCH3 is 1. The molecule has 0 radical (unpaired) electrons. The van der Waals surface area contributed by atoms with E-state index in [2.05, 4.69) is 5.32 Å². The lowest BCUT2D eigenvalue weighted by Gasteiger charge is -2.22. The molecule has 2 amide bonds. The van der Waals surface area contributed by atoms with Crippen molar-refractivity contribution in [3.8, 4) is 5.75 Å². The van der Waals surface area contributed by atoms with E-state index in [-0.39, 0.29) is 17.9 Å². The number of nitrogens with two attached hydrogens (primary N) is 1. The number of hydrogen-bond acceptors (Lipinski definition) is 4. The number of nitrogens with one attached hydrogen (secondary N) is 1. The van der Waals surface area contributed by atoms with E-state index in [0.29, 0.717) is 24.2 Å². The number of carbonyl (C=O) groups is 2. The summed E-state index contributed by atoms with van der Waals surface area (Å²) in [4.78, 5) is 27.0. The summed E-state index contributed by atoms with van der Waals surface area (Å²) < 4.78 is 5.16. The van der Waals surface area contributed by atoms with Gasteiger partial charge in [0.2, 0.25) is 5.91 Å². The molecule has 0 unspecified atom stereocenters. The predicted octanol–water partition coefficient (Wildman–Crippen LogP) is 2.36. The van der Waals surface area contributed by atoms with Crippen LogP contribution in [-0.2, 0) is 4.79 Å². The number of amides is 2. The molecule has 27 heavy (non-hydrogen) atoms. The van der Waals surface area contributed by atoms with Gasteiger partial charge in [-0.15, -0.1) is 0 Å². The molecule has 6 nitrogen and oxygen atoms in total. The molecule has 2 aromatic carbocycles. The van der Waals surface area contributed by atoms with Gasteiger partial charge in [0.25, 0.3) is 5.91 Å². The first-order valence-corrected chi connectivity index (χ1v) is 8.90. The molecule has 3 N–H and O–H groups in total. The maximum absolute atomic E-state index is 12.9. The van der Waals surface area contributed by atoms with Gasteiger partial charge in [0.05, 0.1) is 18.4 Å². The molecular formula is C21H21N3O3. The van der Waals surface area contributed by atoms with E-state index in [1.165, 1.54) is 0 Å². The van der Waals surface area contributed by atoms with E-state index in [0.717, 1.165) is 16.9 Å². The van der Waals surface area contributed by atoms with Crippen LogP contribution in [0.2, 0.25) is 0 Å². The van der Waals surface area contributed by atoms with E-state index in [1.807, 2.05) is 48.6 Å². The van der Waals surface area contributed by atoms with Crippen molar-refractivity contribution >= 4 is 29.7 Å². The number of ether oxygens (including phenoxy) is 1. The molecule has 0 saturated carbocycles. The van der Waals surface area contributed by atoms with Gasteiger partial charge in [-0.3, -0.25) is 9.59 Å². The Kier molecular flexibility index (Phi) is 4.41. The third kappa shape index (κ3) is 3.19. The third-order valence-electron chi connectivity index (χ3n) is 5.09. The Hall–Kier alpha value is -3.12. The highest BCUT2D eigenvalue weighted by molar-refractivity contribution is 6.10. The Labute approximate surface area is 157 Å². The van der Waals surface area contributed by atoms with E-state index < -0.39 is 6.04 Å². The van der Waals surface area contributed by atoms with Crippen LogP contribution in [0.25, 0.3) is 12.2 Å². The van der Waals surface area contributed by atoms with Gasteiger partial charge in [-0.25, -0.2) is 0 Å². The molecule has 6 heteroatoms. The highest BCUT2D eigenvalue weighted by Crippen LogP contribution is 2.29. The molecule has 0 aromatic heterocycles. The van der Waals surface area contributed by atoms with Crippen LogP contribution in [0.5, 0.6) is 5.75 Å². The molecule has 0 aliphatic carbocycles. The molecule has 2 aliphatic rings. The zero-order chi connectivity index (χ0) is 19.0. The molecule has 2 atom stereocenters. The van der Waals surface area contributed by atoms with E-state index >= 15 is 0 Å². The SMILES string of the molecule is COc1ccc(C=Cc2ccc3c(c2)C(=O)N2CC[C@H](N)[C@H]2C(=O)N3)cc1. The molecule has 138 valence electrons. The minimum absolute atomic E-state index is 0.152. The average Bonchev–Trinajstić information content (AvgIpc) is 3.04. The van der Waals surface area contributed by atoms with Crippen molar-refractivity contribution in [1.29, 1.82) is 0 Å². The van der Waals surface area contributed by atoms with E-state index in [9.17, 15) is 9.59 Å². The monoisotopic (exact) mass is 363 g/mol. The minimum Gasteiger partial charge on any atom is -0.497 e. The second-order valence-electron chi connectivity index (χ2n) is 6.80. The summed E-state index contributed by atoms with van der Waals surface area (Å²) in [5.74, 6) is 0.437. The van der Waals surface area contributed by atoms with E-state index in [4.69, 9.17) is 10.5 Å². The lowest BCUT2D eigenvalue weighted by Crippen LogP contribution is -2.48. The van der Waals surface area contributed by atoms with Gasteiger partial charge >= 0.3 is 0 Å². The number of fused-ring (bicyclic) bond motifs is 2. The fraction of sp³-hybridized carbons (Fsp3) is 0.238. The average molecular weight is 363 g/mol. The molecule has 1 fully saturated rings. The van der Waals surface area contributed by atoms with Gasteiger partial charge in [-0.1, -0.05) is 30.4 Å². The van der Waals surface area contributed by atoms with Gasteiger partial charge in [-0.2, -0.15) is 0 Å². The number of rotatable bonds is 3. The van der Waals surface area contributed by atoms with Crippen LogP contribution in [0.15, 0.2) is 42.5 Å². The van der Waals surface area contributed by atoms with Crippen LogP contribution in [-0.4, -0.2) is 42.5 Å². The van der Waals surface area contributed by atoms with Crippen LogP contribution in [0.1, 0.15) is 27.9 Å². The second-order valence-corrected chi connectivity index (χ2v) is 6.80. The highest BCUT2D eigenvalue weighted by atomic mass is 16.5. The molecule has 0 spiro atoms. The zero-order valence-electron chi connectivity index (χ0n) is 15.0. The van der Waals surface area contributed by atoms with Gasteiger partial charge in [0.15, 0.2) is 0 Å². The normalized spacial score (nSPS) is 21.6. The Morgan fingerprint density at radius 1 is 1.11 bits per heavy atom. The smallest absolute Gasteiger partial charge is 0.256 e. The Morgan fingerprint density at radius 3 is 2.56 bits per heavy atom. The number of anilines is 1. The van der Waals surface area contributed by atoms with Crippen molar-refractivity contribution in [2.75, 3.05) is 19.0 Å². The first-order valence-electron chi connectivity index (χ1n) is 8.90. The summed E-state index contributed by atoms with van der Waals surface area (Å²) in [6, 6.07) is 12.3. The van der Waals surface area contributed by atoms with Crippen LogP contribution in [0.3, 0.4) is 0 Å². The minimum atomic E-state index is -0.594. The highest BCUT2D eigenvalue weighted by Gasteiger charge is 2.43. The summed E-state index contributed by atoms with van der Waals surface area (Å²) >= 11 is 0. The van der Waals surface area contributed by atoms with Gasteiger partial charge < -0.3 is 20.7 Å². The van der Waals surface area contributed by atoms with Crippen molar-refractivity contribution in [2.45, 2.75) is 18.5 Å². The standard InChI is InChI=1S/C21H21N3O3/c1-27-15-7-4-13(5-8-15)2-3-14-6-9-18-16(12-14)21(26)24-11-10-17(22)19(24)20(25)23-18/h2-9,12,17,19H,10-11,22H2,1H3,(H,23,25)/t17-,19-/m0/s1. The first-order chi connectivity index (χ1) is 13.1. The van der Waals surface area contributed by atoms with Crippen molar-refractivity contribution < 1.29 is 14.3 Å². The van der Waals surface area contributed by atoms with Crippen molar-refractivity contribution in [2.24, 2.45) is 5.73 Å². The maximum atomic E-state index is 12.9. The fourth-order valence-electron chi connectivity index (χ4n) is 3.60. The summed E-state index contributed by atoms with van der Waals surface area (Å²) in [6.07, 6.45) is 4.54. The fourth-order valence-corrected chi connectivity index (χ4v) is 3.60. The van der Waals surface area contributed by atoms with Gasteiger partial charge in [-0.05, 0) is 41.8 Å². The maximum Gasteiger partial charge on any atom is 0.256 e. The molecule has 2 heterocycles. The van der Waals surface area contributed by atoms with Gasteiger partial charge in [0, 0.05) is 12.6 Å². The lowest BCUT2D eigenvalue weighted by atomic mass is 10.1. The van der Waals surface area contributed by atoms with Crippen molar-refractivity contribution in [1.82, 2.24) is 4.90 Å². The molecule has 2 aliphatic heterocycles. The summed E-state index contributed by atoms with van der Waals surface area (Å²) in [5, 5.41) is 2.85. The van der Waals surface area contributed by atoms with Crippen molar-refractivity contribution in [3.63, 3.8) is 0 Å². The second kappa shape index (κ2) is 6.89. The summed E-state index contributed by atoms with van der Waals surface area (Å²) in [5.41, 5.74) is 8.97. The lowest BCUT2D eigenvalue weighted by molar-refractivity contribution is -0.119. The number of benzene rings is 2. The zero-order valence-corrected chi connectivity index (χ0v) is 15.0. The van der Waals surface area contributed by atoms with Crippen LogP contribution >= 0.6 is 0 Å². The summed E-state index contributed by atoms with van der Waals surface area (Å²) in [6.45, 7) is 0.503. The predicted molar refractivity (Wildman–Crippen MR) is 104 cm³/mol. The van der Waals surface area contributed by atoms with Crippen molar-refractivity contribution in [3.05, 3.63) is 59.2 Å². The van der Waals surface area contributed by atoms with Crippen LogP contribution in [0.4, 0.5) is 5.69 Å². The number of nitrogens with zero attached hydrogens (tertiary/aromatic N) is 1. The first kappa shape index (κ1) is 17.3. The number of hydrogen-bond donors (Lipinski definition) is 2. The Morgan fingerprint density at radius 2 is 1.81 bits per heavy atom. The topological polar surface area (TPSA) is 84.7 Å². The Balaban J connectivity index is 1.62. The van der Waals surface area contributed by atoms with Crippen LogP contribution < -0.4 is 15.8 Å². The van der Waals surface area contributed by atoms with Gasteiger partial charge in [0.1, 0.15) is 11.8 Å².